The van der Waals surface area contributed by atoms with Crippen LogP contribution in [0, 0.1) is 5.41 Å². The van der Waals surface area contributed by atoms with E-state index in [4.69, 9.17) is 15.2 Å². The van der Waals surface area contributed by atoms with E-state index in [0.717, 1.165) is 16.7 Å². The topological polar surface area (TPSA) is 90.6 Å². The van der Waals surface area contributed by atoms with Gasteiger partial charge in [-0.05, 0) is 51.3 Å². The zero-order valence-corrected chi connectivity index (χ0v) is 19.2. The summed E-state index contributed by atoms with van der Waals surface area (Å²) in [5.41, 5.74) is 8.69. The van der Waals surface area contributed by atoms with E-state index in [-0.39, 0.29) is 5.97 Å². The number of esters is 1. The van der Waals surface area contributed by atoms with Crippen molar-refractivity contribution in [1.82, 2.24) is 9.97 Å². The van der Waals surface area contributed by atoms with Crippen molar-refractivity contribution in [1.29, 1.82) is 0 Å². The van der Waals surface area contributed by atoms with Gasteiger partial charge in [0, 0.05) is 47.2 Å². The number of nitrogen functional groups attached to an aromatic ring is 1. The van der Waals surface area contributed by atoms with Crippen LogP contribution < -0.4 is 10.6 Å². The van der Waals surface area contributed by atoms with Crippen LogP contribution in [0.3, 0.4) is 0 Å². The number of carbonyl (C=O) groups excluding carboxylic acids is 1. The van der Waals surface area contributed by atoms with E-state index in [1.807, 2.05) is 32.9 Å². The second-order valence-electron chi connectivity index (χ2n) is 7.86. The number of aromatic nitrogens is 2. The molecule has 0 amide bonds. The highest BCUT2D eigenvalue weighted by molar-refractivity contribution is 7.80. The quantitative estimate of drug-likeness (QED) is 0.287. The lowest BCUT2D eigenvalue weighted by Crippen LogP contribution is -2.44. The number of ether oxygens (including phenoxy) is 2. The minimum atomic E-state index is -0.446. The number of benzene rings is 1. The van der Waals surface area contributed by atoms with E-state index in [1.54, 1.807) is 12.4 Å². The Balaban J connectivity index is 1.76. The van der Waals surface area contributed by atoms with Crippen molar-refractivity contribution in [2.45, 2.75) is 38.5 Å². The van der Waals surface area contributed by atoms with Gasteiger partial charge in [0.1, 0.15) is 5.76 Å². The van der Waals surface area contributed by atoms with Crippen molar-refractivity contribution in [3.05, 3.63) is 36.7 Å². The third-order valence-corrected chi connectivity index (χ3v) is 6.15. The fourth-order valence-electron chi connectivity index (χ4n) is 3.63. The zero-order valence-electron chi connectivity index (χ0n) is 18.4. The average molecular weight is 443 g/mol. The van der Waals surface area contributed by atoms with Crippen molar-refractivity contribution in [2.24, 2.45) is 5.41 Å². The zero-order chi connectivity index (χ0) is 22.6. The van der Waals surface area contributed by atoms with Gasteiger partial charge in [0.2, 0.25) is 5.95 Å². The van der Waals surface area contributed by atoms with Crippen molar-refractivity contribution in [3.8, 4) is 11.1 Å². The SMILES string of the molecule is C=C(OCC)c1cc(-c2cnc(N3CCC(C)(C(=O)OCC)CC3)nc2)cc(N)c1S. The maximum atomic E-state index is 12.2. The lowest BCUT2D eigenvalue weighted by atomic mass is 9.80. The molecular formula is C23H30N4O3S. The van der Waals surface area contributed by atoms with Crippen LogP contribution in [-0.4, -0.2) is 42.2 Å². The number of hydrogen-bond acceptors (Lipinski definition) is 8. The summed E-state index contributed by atoms with van der Waals surface area (Å²) in [6, 6.07) is 3.77. The minimum absolute atomic E-state index is 0.124. The van der Waals surface area contributed by atoms with E-state index in [2.05, 4.69) is 34.1 Å². The highest BCUT2D eigenvalue weighted by Crippen LogP contribution is 2.35. The number of rotatable bonds is 7. The van der Waals surface area contributed by atoms with Crippen LogP contribution in [0.25, 0.3) is 16.9 Å². The van der Waals surface area contributed by atoms with Gasteiger partial charge in [0.25, 0.3) is 0 Å². The van der Waals surface area contributed by atoms with Crippen LogP contribution in [0.5, 0.6) is 0 Å². The van der Waals surface area contributed by atoms with Gasteiger partial charge in [-0.15, -0.1) is 12.6 Å². The summed E-state index contributed by atoms with van der Waals surface area (Å²) in [5, 5.41) is 0. The molecule has 2 N–H and O–H groups in total. The number of carbonyl (C=O) groups is 1. The number of nitrogens with two attached hydrogens (primary N) is 1. The van der Waals surface area contributed by atoms with Crippen LogP contribution in [0.15, 0.2) is 36.0 Å². The van der Waals surface area contributed by atoms with Gasteiger partial charge in [0.15, 0.2) is 0 Å². The fourth-order valence-corrected chi connectivity index (χ4v) is 3.89. The van der Waals surface area contributed by atoms with Crippen LogP contribution >= 0.6 is 12.6 Å². The van der Waals surface area contributed by atoms with Crippen molar-refractivity contribution in [3.63, 3.8) is 0 Å². The van der Waals surface area contributed by atoms with Crippen LogP contribution in [0.4, 0.5) is 11.6 Å². The Hall–Kier alpha value is -2.74. The largest absolute Gasteiger partial charge is 0.494 e. The molecule has 0 spiro atoms. The molecule has 166 valence electrons. The second-order valence-corrected chi connectivity index (χ2v) is 8.30. The highest BCUT2D eigenvalue weighted by atomic mass is 32.1. The molecule has 2 aromatic rings. The van der Waals surface area contributed by atoms with Gasteiger partial charge in [-0.25, -0.2) is 9.97 Å². The molecule has 0 radical (unpaired) electrons. The standard InChI is InChI=1S/C23H30N4O3S/c1-5-29-15(3)18-11-16(12-19(24)20(18)31)17-13-25-22(26-14-17)27-9-7-23(4,8-10-27)21(28)30-6-2/h11-14,31H,3,5-10,24H2,1-2,4H3. The molecule has 8 heteroatoms. The Morgan fingerprint density at radius 3 is 2.35 bits per heavy atom. The highest BCUT2D eigenvalue weighted by Gasteiger charge is 2.38. The first-order valence-electron chi connectivity index (χ1n) is 10.5. The molecule has 0 bridgehead atoms. The molecule has 1 aromatic heterocycles. The lowest BCUT2D eigenvalue weighted by Gasteiger charge is -2.37. The van der Waals surface area contributed by atoms with Crippen LogP contribution in [-0.2, 0) is 14.3 Å². The van der Waals surface area contributed by atoms with E-state index in [9.17, 15) is 4.79 Å². The van der Waals surface area contributed by atoms with Crippen molar-refractivity contribution in [2.75, 3.05) is 36.9 Å². The minimum Gasteiger partial charge on any atom is -0.494 e. The first kappa shape index (κ1) is 22.9. The molecule has 1 saturated heterocycles. The maximum absolute atomic E-state index is 12.2. The van der Waals surface area contributed by atoms with Gasteiger partial charge >= 0.3 is 5.97 Å². The predicted octanol–water partition coefficient (Wildman–Crippen LogP) is 4.19. The lowest BCUT2D eigenvalue weighted by molar-refractivity contribution is -0.155. The molecule has 0 atom stereocenters. The molecule has 3 rings (SSSR count). The summed E-state index contributed by atoms with van der Waals surface area (Å²) >= 11 is 4.49. The number of thiol groups is 1. The molecule has 7 nitrogen and oxygen atoms in total. The van der Waals surface area contributed by atoms with Crippen molar-refractivity contribution >= 4 is 36.0 Å². The van der Waals surface area contributed by atoms with Crippen LogP contribution in [0.1, 0.15) is 39.2 Å². The van der Waals surface area contributed by atoms with Crippen LogP contribution in [0.2, 0.25) is 0 Å². The summed E-state index contributed by atoms with van der Waals surface area (Å²) in [5.74, 6) is 1.05. The molecule has 1 aromatic carbocycles. The molecule has 31 heavy (non-hydrogen) atoms. The Morgan fingerprint density at radius 1 is 1.16 bits per heavy atom. The molecule has 2 heterocycles. The normalized spacial score (nSPS) is 15.4. The third kappa shape index (κ3) is 4.95. The summed E-state index contributed by atoms with van der Waals surface area (Å²) in [6.45, 7) is 12.0. The van der Waals surface area contributed by atoms with Gasteiger partial charge in [0.05, 0.1) is 18.6 Å². The second kappa shape index (κ2) is 9.60. The average Bonchev–Trinajstić information content (AvgIpc) is 2.76. The van der Waals surface area contributed by atoms with Gasteiger partial charge < -0.3 is 20.1 Å². The molecule has 0 aliphatic carbocycles. The van der Waals surface area contributed by atoms with Gasteiger partial charge in [-0.2, -0.15) is 0 Å². The maximum Gasteiger partial charge on any atom is 0.311 e. The smallest absolute Gasteiger partial charge is 0.311 e. The number of hydrogen-bond donors (Lipinski definition) is 2. The predicted molar refractivity (Wildman–Crippen MR) is 126 cm³/mol. The van der Waals surface area contributed by atoms with E-state index < -0.39 is 5.41 Å². The van der Waals surface area contributed by atoms with E-state index >= 15 is 0 Å². The Bertz CT molecular complexity index is 954. The molecule has 1 fully saturated rings. The summed E-state index contributed by atoms with van der Waals surface area (Å²) < 4.78 is 10.8. The Morgan fingerprint density at radius 2 is 1.77 bits per heavy atom. The Kier molecular flexibility index (Phi) is 7.10. The molecule has 0 unspecified atom stereocenters. The molecule has 0 saturated carbocycles. The first-order valence-corrected chi connectivity index (χ1v) is 10.9. The summed E-state index contributed by atoms with van der Waals surface area (Å²) in [6.07, 6.45) is 4.98. The number of nitrogens with zero attached hydrogens (tertiary/aromatic N) is 3. The van der Waals surface area contributed by atoms with E-state index in [0.29, 0.717) is 61.4 Å². The Labute approximate surface area is 189 Å². The molecular weight excluding hydrogens is 412 g/mol. The van der Waals surface area contributed by atoms with E-state index in [1.165, 1.54) is 0 Å². The van der Waals surface area contributed by atoms with Crippen molar-refractivity contribution < 1.29 is 14.3 Å². The summed E-state index contributed by atoms with van der Waals surface area (Å²) in [4.78, 5) is 24.1. The van der Waals surface area contributed by atoms with Gasteiger partial charge in [-0.3, -0.25) is 4.79 Å². The third-order valence-electron chi connectivity index (χ3n) is 5.65. The number of piperidine rings is 1. The fraction of sp³-hybridized carbons (Fsp3) is 0.435. The number of anilines is 2. The molecule has 1 aliphatic rings. The first-order chi connectivity index (χ1) is 14.8. The monoisotopic (exact) mass is 442 g/mol. The summed E-state index contributed by atoms with van der Waals surface area (Å²) in [7, 11) is 0. The van der Waals surface area contributed by atoms with Gasteiger partial charge in [-0.1, -0.05) is 6.58 Å². The molecule has 1 aliphatic heterocycles.